The van der Waals surface area contributed by atoms with Crippen molar-refractivity contribution < 1.29 is 29.5 Å². The molecule has 0 saturated carbocycles. The topological polar surface area (TPSA) is 200 Å². The Kier molecular flexibility index (Phi) is 5.36. The van der Waals surface area contributed by atoms with Crippen molar-refractivity contribution in [2.75, 3.05) is 18.0 Å². The number of β-lactam (4-membered cyclic amide) rings is 1. The van der Waals surface area contributed by atoms with Gasteiger partial charge in [-0.15, -0.1) is 11.8 Å². The summed E-state index contributed by atoms with van der Waals surface area (Å²) in [5.74, 6) is -3.10. The van der Waals surface area contributed by atoms with Crippen LogP contribution in [-0.4, -0.2) is 77.7 Å². The highest BCUT2D eigenvalue weighted by Crippen LogP contribution is 2.41. The van der Waals surface area contributed by atoms with Gasteiger partial charge in [0.15, 0.2) is 5.13 Å². The van der Waals surface area contributed by atoms with E-state index in [1.165, 1.54) is 17.8 Å². The van der Waals surface area contributed by atoms with Gasteiger partial charge in [-0.1, -0.05) is 5.16 Å². The summed E-state index contributed by atoms with van der Waals surface area (Å²) in [5.41, 5.74) is 5.51. The number of carboxylic acids is 1. The Balaban J connectivity index is 1.54. The van der Waals surface area contributed by atoms with Crippen molar-refractivity contribution in [3.05, 3.63) is 28.7 Å². The van der Waals surface area contributed by atoms with Gasteiger partial charge in [-0.2, -0.15) is 9.36 Å². The number of amides is 3. The van der Waals surface area contributed by atoms with Crippen molar-refractivity contribution in [2.24, 2.45) is 5.16 Å². The van der Waals surface area contributed by atoms with Crippen LogP contribution in [-0.2, 0) is 19.2 Å². The minimum absolute atomic E-state index is 0.0616. The monoisotopic (exact) mass is 465 g/mol. The molecule has 13 nitrogen and oxygen atoms in total. The molecule has 3 aliphatic heterocycles. The summed E-state index contributed by atoms with van der Waals surface area (Å²) in [6, 6.07) is -1.04. The number of allylic oxidation sites excluding steroid dienone is 1. The zero-order chi connectivity index (χ0) is 22.3. The van der Waals surface area contributed by atoms with Gasteiger partial charge in [0.1, 0.15) is 17.1 Å². The number of carboxylic acid groups (broad SMARTS) is 1. The molecule has 0 radical (unpaired) electrons. The standard InChI is InChI=1S/C16H15N7O6S2/c17-16-20-10(22-31-16)7(21-29)12(25)19-8-13(26)23-9(15(27)28)6(4-30-14(8)23)3-5-1-2-18-11(5)24/h3,8,14,29H,1-2,4H2,(H,18,24)(H,19,25)(H,27,28)(H2,17,20,22)/b5-3+,21-7-/t8-,14-/m1/s1. The molecule has 162 valence electrons. The first-order chi connectivity index (χ1) is 14.8. The van der Waals surface area contributed by atoms with E-state index in [1.807, 2.05) is 0 Å². The van der Waals surface area contributed by atoms with Crippen LogP contribution >= 0.6 is 23.3 Å². The van der Waals surface area contributed by atoms with E-state index in [0.29, 0.717) is 24.1 Å². The highest BCUT2D eigenvalue weighted by molar-refractivity contribution is 8.00. The molecule has 4 rings (SSSR count). The molecule has 2 saturated heterocycles. The second kappa shape index (κ2) is 7.99. The number of hydrogen-bond donors (Lipinski definition) is 5. The van der Waals surface area contributed by atoms with E-state index in [9.17, 15) is 24.3 Å². The molecule has 1 aromatic rings. The summed E-state index contributed by atoms with van der Waals surface area (Å²) in [7, 11) is 0. The normalized spacial score (nSPS) is 24.7. The van der Waals surface area contributed by atoms with Crippen LogP contribution in [0.4, 0.5) is 5.13 Å². The second-order valence-corrected chi connectivity index (χ2v) is 8.51. The molecule has 15 heteroatoms. The fourth-order valence-electron chi connectivity index (χ4n) is 3.37. The lowest BCUT2D eigenvalue weighted by Gasteiger charge is -2.49. The van der Waals surface area contributed by atoms with Crippen LogP contribution in [0.1, 0.15) is 12.2 Å². The maximum atomic E-state index is 12.7. The number of aliphatic carboxylic acids is 1. The van der Waals surface area contributed by atoms with Crippen molar-refractivity contribution in [2.45, 2.75) is 17.8 Å². The van der Waals surface area contributed by atoms with E-state index in [4.69, 9.17) is 10.9 Å². The summed E-state index contributed by atoms with van der Waals surface area (Å²) in [5, 5.41) is 26.2. The second-order valence-electron chi connectivity index (χ2n) is 6.62. The molecule has 0 unspecified atom stereocenters. The first-order valence-electron chi connectivity index (χ1n) is 8.84. The van der Waals surface area contributed by atoms with Gasteiger partial charge in [0.25, 0.3) is 11.8 Å². The Labute approximate surface area is 182 Å². The number of thioether (sulfide) groups is 1. The van der Waals surface area contributed by atoms with Crippen molar-refractivity contribution >= 4 is 57.8 Å². The van der Waals surface area contributed by atoms with Gasteiger partial charge in [0, 0.05) is 29.4 Å². The summed E-state index contributed by atoms with van der Waals surface area (Å²) >= 11 is 2.04. The molecule has 6 N–H and O–H groups in total. The number of hydrogen-bond acceptors (Lipinski definition) is 11. The number of aromatic nitrogens is 2. The molecule has 31 heavy (non-hydrogen) atoms. The summed E-state index contributed by atoms with van der Waals surface area (Å²) < 4.78 is 3.79. The number of anilines is 1. The minimum atomic E-state index is -1.31. The number of nitrogens with zero attached hydrogens (tertiary/aromatic N) is 4. The van der Waals surface area contributed by atoms with Crippen LogP contribution in [0.5, 0.6) is 0 Å². The van der Waals surface area contributed by atoms with Crippen LogP contribution in [0.2, 0.25) is 0 Å². The molecule has 1 aromatic heterocycles. The van der Waals surface area contributed by atoms with E-state index in [1.54, 1.807) is 0 Å². The maximum absolute atomic E-state index is 12.7. The molecule has 0 aliphatic carbocycles. The molecule has 2 atom stereocenters. The Bertz CT molecular complexity index is 1090. The fraction of sp³-hybridized carbons (Fsp3) is 0.312. The molecule has 3 amide bonds. The van der Waals surface area contributed by atoms with E-state index in [2.05, 4.69) is 25.1 Å². The van der Waals surface area contributed by atoms with Gasteiger partial charge >= 0.3 is 5.97 Å². The van der Waals surface area contributed by atoms with E-state index < -0.39 is 34.9 Å². The van der Waals surface area contributed by atoms with E-state index in [0.717, 1.165) is 16.4 Å². The smallest absolute Gasteiger partial charge is 0.352 e. The van der Waals surface area contributed by atoms with E-state index in [-0.39, 0.29) is 28.3 Å². The molecule has 3 aliphatic rings. The largest absolute Gasteiger partial charge is 0.477 e. The van der Waals surface area contributed by atoms with Crippen LogP contribution in [0.15, 0.2) is 28.1 Å². The lowest BCUT2D eigenvalue weighted by Crippen LogP contribution is -2.71. The number of rotatable bonds is 5. The molecule has 2 fully saturated rings. The lowest BCUT2D eigenvalue weighted by molar-refractivity contribution is -0.150. The number of oxime groups is 1. The summed E-state index contributed by atoms with van der Waals surface area (Å²) in [4.78, 5) is 53.7. The Morgan fingerprint density at radius 2 is 2.16 bits per heavy atom. The fourth-order valence-corrected chi connectivity index (χ4v) is 5.11. The van der Waals surface area contributed by atoms with Crippen LogP contribution in [0.25, 0.3) is 0 Å². The van der Waals surface area contributed by atoms with Crippen LogP contribution in [0.3, 0.4) is 0 Å². The maximum Gasteiger partial charge on any atom is 0.352 e. The van der Waals surface area contributed by atoms with Gasteiger partial charge in [0.2, 0.25) is 17.4 Å². The van der Waals surface area contributed by atoms with Crippen molar-refractivity contribution in [1.29, 1.82) is 0 Å². The number of carbonyl (C=O) groups excluding carboxylic acids is 3. The minimum Gasteiger partial charge on any atom is -0.477 e. The zero-order valence-electron chi connectivity index (χ0n) is 15.6. The van der Waals surface area contributed by atoms with Gasteiger partial charge in [-0.3, -0.25) is 19.3 Å². The quantitative estimate of drug-likeness (QED) is 0.112. The number of fused-ring (bicyclic) bond motifs is 1. The number of nitrogens with two attached hydrogens (primary N) is 1. The average molecular weight is 465 g/mol. The van der Waals surface area contributed by atoms with E-state index >= 15 is 0 Å². The molecule has 4 heterocycles. The third kappa shape index (κ3) is 3.61. The number of carbonyl (C=O) groups is 4. The van der Waals surface area contributed by atoms with Gasteiger partial charge < -0.3 is 26.7 Å². The molecule has 0 bridgehead atoms. The molecular weight excluding hydrogens is 450 g/mol. The first kappa shape index (κ1) is 20.8. The predicted octanol–water partition coefficient (Wildman–Crippen LogP) is -1.52. The first-order valence-corrected chi connectivity index (χ1v) is 10.7. The number of nitrogens with one attached hydrogen (secondary N) is 2. The van der Waals surface area contributed by atoms with Gasteiger partial charge in [-0.25, -0.2) is 4.79 Å². The predicted molar refractivity (Wildman–Crippen MR) is 108 cm³/mol. The van der Waals surface area contributed by atoms with Gasteiger partial charge in [0.05, 0.1) is 0 Å². The third-order valence-electron chi connectivity index (χ3n) is 4.78. The third-order valence-corrected chi connectivity index (χ3v) is 6.62. The highest BCUT2D eigenvalue weighted by atomic mass is 32.2. The van der Waals surface area contributed by atoms with Crippen molar-refractivity contribution in [1.82, 2.24) is 24.9 Å². The lowest BCUT2D eigenvalue weighted by atomic mass is 10.0. The summed E-state index contributed by atoms with van der Waals surface area (Å²) in [6.07, 6.45) is 1.97. The Morgan fingerprint density at radius 3 is 2.74 bits per heavy atom. The average Bonchev–Trinajstić information content (AvgIpc) is 3.34. The van der Waals surface area contributed by atoms with Crippen molar-refractivity contribution in [3.63, 3.8) is 0 Å². The molecule has 0 spiro atoms. The molecule has 0 aromatic carbocycles. The molecular formula is C16H15N7O6S2. The number of nitrogen functional groups attached to an aromatic ring is 1. The highest BCUT2D eigenvalue weighted by Gasteiger charge is 2.54. The Hall–Kier alpha value is -3.46. The van der Waals surface area contributed by atoms with Crippen LogP contribution in [0, 0.1) is 0 Å². The van der Waals surface area contributed by atoms with Gasteiger partial charge in [-0.05, 0) is 18.1 Å². The summed E-state index contributed by atoms with van der Waals surface area (Å²) in [6.45, 7) is 0.473. The zero-order valence-corrected chi connectivity index (χ0v) is 17.2. The van der Waals surface area contributed by atoms with Crippen molar-refractivity contribution in [3.8, 4) is 0 Å². The van der Waals surface area contributed by atoms with Crippen LogP contribution < -0.4 is 16.4 Å². The SMILES string of the molecule is Nc1nc(/C(=N/O)C(=O)N[C@@H]2C(=O)N3C(C(=O)O)=C(/C=C4\CCNC4=O)CS[C@H]23)ns1. The Morgan fingerprint density at radius 1 is 1.39 bits per heavy atom.